The maximum Gasteiger partial charge on any atom is 0.433 e. The lowest BCUT2D eigenvalue weighted by atomic mass is 9.96. The summed E-state index contributed by atoms with van der Waals surface area (Å²) in [5.41, 5.74) is 0.590. The van der Waals surface area contributed by atoms with Crippen molar-refractivity contribution in [3.63, 3.8) is 0 Å². The summed E-state index contributed by atoms with van der Waals surface area (Å²) >= 11 is 0. The van der Waals surface area contributed by atoms with Gasteiger partial charge >= 0.3 is 6.18 Å². The van der Waals surface area contributed by atoms with E-state index >= 15 is 0 Å². The number of amides is 1. The number of benzene rings is 1. The summed E-state index contributed by atoms with van der Waals surface area (Å²) in [6, 6.07) is 8.82. The van der Waals surface area contributed by atoms with Crippen LogP contribution in [0.4, 0.5) is 18.9 Å². The van der Waals surface area contributed by atoms with Crippen LogP contribution >= 0.6 is 0 Å². The lowest BCUT2D eigenvalue weighted by Crippen LogP contribution is -2.32. The third-order valence-corrected chi connectivity index (χ3v) is 4.30. The van der Waals surface area contributed by atoms with Crippen LogP contribution in [0, 0.1) is 0 Å². The van der Waals surface area contributed by atoms with E-state index in [2.05, 4.69) is 5.10 Å². The predicted octanol–water partition coefficient (Wildman–Crippen LogP) is 3.44. The first-order valence-corrected chi connectivity index (χ1v) is 7.85. The third kappa shape index (κ3) is 3.16. The van der Waals surface area contributed by atoms with Crippen LogP contribution in [0.5, 0.6) is 0 Å². The highest BCUT2D eigenvalue weighted by molar-refractivity contribution is 5.92. The average Bonchev–Trinajstić information content (AvgIpc) is 2.92. The second-order valence-corrected chi connectivity index (χ2v) is 5.92. The van der Waals surface area contributed by atoms with Crippen LogP contribution in [0.3, 0.4) is 0 Å². The Morgan fingerprint density at radius 2 is 1.88 bits per heavy atom. The average molecular weight is 337 g/mol. The smallest absolute Gasteiger partial charge is 0.314 e. The van der Waals surface area contributed by atoms with E-state index in [-0.39, 0.29) is 5.56 Å². The van der Waals surface area contributed by atoms with Gasteiger partial charge in [0.1, 0.15) is 12.2 Å². The van der Waals surface area contributed by atoms with Crippen LogP contribution in [-0.2, 0) is 30.4 Å². The Morgan fingerprint density at radius 1 is 1.21 bits per heavy atom. The number of para-hydroxylation sites is 1. The number of likely N-dealkylation sites (N-methyl/N-ethyl adjacent to an activating group) is 1. The van der Waals surface area contributed by atoms with Crippen molar-refractivity contribution in [2.24, 2.45) is 0 Å². The first kappa shape index (κ1) is 16.5. The molecule has 0 spiro atoms. The Morgan fingerprint density at radius 3 is 2.54 bits per heavy atom. The van der Waals surface area contributed by atoms with E-state index in [4.69, 9.17) is 0 Å². The molecule has 1 aromatic heterocycles. The molecule has 0 radical (unpaired) electrons. The number of halogens is 3. The molecular weight excluding hydrogens is 319 g/mol. The summed E-state index contributed by atoms with van der Waals surface area (Å²) in [6.45, 7) is -0.423. The van der Waals surface area contributed by atoms with Gasteiger partial charge in [-0.05, 0) is 37.8 Å². The summed E-state index contributed by atoms with van der Waals surface area (Å²) in [5, 5.41) is 4.08. The second kappa shape index (κ2) is 6.30. The van der Waals surface area contributed by atoms with E-state index in [1.54, 1.807) is 31.3 Å². The number of anilines is 1. The van der Waals surface area contributed by atoms with Gasteiger partial charge in [-0.1, -0.05) is 18.2 Å². The Hall–Kier alpha value is -2.31. The largest absolute Gasteiger partial charge is 0.433 e. The molecule has 3 rings (SSSR count). The van der Waals surface area contributed by atoms with Crippen LogP contribution in [-0.4, -0.2) is 22.7 Å². The Kier molecular flexibility index (Phi) is 4.34. The zero-order chi connectivity index (χ0) is 17.3. The number of aromatic nitrogens is 2. The van der Waals surface area contributed by atoms with E-state index in [0.29, 0.717) is 24.2 Å². The molecule has 1 aliphatic carbocycles. The topological polar surface area (TPSA) is 38.1 Å². The molecule has 1 aliphatic rings. The van der Waals surface area contributed by atoms with Gasteiger partial charge in [0, 0.05) is 18.3 Å². The van der Waals surface area contributed by atoms with E-state index in [0.717, 1.165) is 17.5 Å². The lowest BCUT2D eigenvalue weighted by molar-refractivity contribution is -0.145. The van der Waals surface area contributed by atoms with Crippen LogP contribution in [0.1, 0.15) is 29.8 Å². The number of alkyl halides is 3. The van der Waals surface area contributed by atoms with Crippen molar-refractivity contribution in [2.75, 3.05) is 11.9 Å². The molecule has 0 saturated heterocycles. The van der Waals surface area contributed by atoms with Gasteiger partial charge in [-0.3, -0.25) is 9.48 Å². The predicted molar refractivity (Wildman–Crippen MR) is 83.7 cm³/mol. The van der Waals surface area contributed by atoms with Gasteiger partial charge in [-0.25, -0.2) is 0 Å². The fourth-order valence-corrected chi connectivity index (χ4v) is 3.07. The number of aryl methyl sites for hydroxylation is 1. The van der Waals surface area contributed by atoms with Crippen molar-refractivity contribution < 1.29 is 18.0 Å². The molecule has 0 fully saturated rings. The molecular formula is C17H18F3N3O. The second-order valence-electron chi connectivity index (χ2n) is 5.92. The van der Waals surface area contributed by atoms with Crippen molar-refractivity contribution in [3.05, 3.63) is 47.3 Å². The minimum Gasteiger partial charge on any atom is -0.314 e. The number of fused-ring (bicyclic) bond motifs is 1. The third-order valence-electron chi connectivity index (χ3n) is 4.30. The SMILES string of the molecule is CN(C(=O)Cn1nc2c(c1C(F)(F)F)CCCC2)c1ccccc1. The summed E-state index contributed by atoms with van der Waals surface area (Å²) < 4.78 is 41.2. The maximum absolute atomic E-state index is 13.5. The van der Waals surface area contributed by atoms with E-state index in [9.17, 15) is 18.0 Å². The Bertz CT molecular complexity index is 738. The summed E-state index contributed by atoms with van der Waals surface area (Å²) in [5.74, 6) is -0.438. The van der Waals surface area contributed by atoms with Gasteiger partial charge in [-0.15, -0.1) is 0 Å². The molecule has 1 aromatic carbocycles. The first-order valence-electron chi connectivity index (χ1n) is 7.85. The monoisotopic (exact) mass is 337 g/mol. The molecule has 1 heterocycles. The van der Waals surface area contributed by atoms with Crippen molar-refractivity contribution in [1.82, 2.24) is 9.78 Å². The first-order chi connectivity index (χ1) is 11.4. The van der Waals surface area contributed by atoms with Gasteiger partial charge < -0.3 is 4.90 Å². The van der Waals surface area contributed by atoms with Gasteiger partial charge in [0.05, 0.1) is 5.69 Å². The molecule has 0 saturated carbocycles. The quantitative estimate of drug-likeness (QED) is 0.860. The molecule has 4 nitrogen and oxygen atoms in total. The van der Waals surface area contributed by atoms with Crippen molar-refractivity contribution in [2.45, 2.75) is 38.4 Å². The Balaban J connectivity index is 1.90. The number of rotatable bonds is 3. The molecule has 0 N–H and O–H groups in total. The molecule has 0 atom stereocenters. The highest BCUT2D eigenvalue weighted by atomic mass is 19.4. The summed E-state index contributed by atoms with van der Waals surface area (Å²) in [4.78, 5) is 13.8. The van der Waals surface area contributed by atoms with Gasteiger partial charge in [0.15, 0.2) is 0 Å². The molecule has 128 valence electrons. The van der Waals surface area contributed by atoms with Gasteiger partial charge in [0.25, 0.3) is 0 Å². The van der Waals surface area contributed by atoms with Crippen LogP contribution in [0.2, 0.25) is 0 Å². The number of nitrogens with zero attached hydrogens (tertiary/aromatic N) is 3. The van der Waals surface area contributed by atoms with Crippen molar-refractivity contribution in [3.8, 4) is 0 Å². The maximum atomic E-state index is 13.5. The minimum absolute atomic E-state index is 0.254. The lowest BCUT2D eigenvalue weighted by Gasteiger charge is -2.19. The molecule has 0 bridgehead atoms. The number of hydrogen-bond acceptors (Lipinski definition) is 2. The van der Waals surface area contributed by atoms with Gasteiger partial charge in [0.2, 0.25) is 5.91 Å². The Labute approximate surface area is 137 Å². The number of carbonyl (C=O) groups is 1. The molecule has 1 amide bonds. The van der Waals surface area contributed by atoms with Crippen LogP contribution < -0.4 is 4.90 Å². The van der Waals surface area contributed by atoms with Crippen LogP contribution in [0.25, 0.3) is 0 Å². The normalized spacial score (nSPS) is 14.3. The fraction of sp³-hybridized carbons (Fsp3) is 0.412. The van der Waals surface area contributed by atoms with Crippen molar-refractivity contribution >= 4 is 11.6 Å². The van der Waals surface area contributed by atoms with Crippen LogP contribution in [0.15, 0.2) is 30.3 Å². The van der Waals surface area contributed by atoms with Crippen molar-refractivity contribution in [1.29, 1.82) is 0 Å². The zero-order valence-electron chi connectivity index (χ0n) is 13.3. The van der Waals surface area contributed by atoms with E-state index in [1.165, 1.54) is 4.90 Å². The summed E-state index contributed by atoms with van der Waals surface area (Å²) in [7, 11) is 1.55. The fourth-order valence-electron chi connectivity index (χ4n) is 3.07. The highest BCUT2D eigenvalue weighted by Crippen LogP contribution is 2.36. The molecule has 0 unspecified atom stereocenters. The highest BCUT2D eigenvalue weighted by Gasteiger charge is 2.40. The standard InChI is InChI=1S/C17H18F3N3O/c1-22(12-7-3-2-4-8-12)15(24)11-23-16(17(18,19)20)13-9-5-6-10-14(13)21-23/h2-4,7-8H,5-6,9-11H2,1H3. The molecule has 24 heavy (non-hydrogen) atoms. The van der Waals surface area contributed by atoms with Gasteiger partial charge in [-0.2, -0.15) is 18.3 Å². The molecule has 2 aromatic rings. The molecule has 0 aliphatic heterocycles. The number of carbonyl (C=O) groups excluding carboxylic acids is 1. The molecule has 7 heteroatoms. The van der Waals surface area contributed by atoms with E-state index in [1.807, 2.05) is 6.07 Å². The zero-order valence-corrected chi connectivity index (χ0v) is 13.3. The minimum atomic E-state index is -4.51. The van der Waals surface area contributed by atoms with E-state index < -0.39 is 24.3 Å². The summed E-state index contributed by atoms with van der Waals surface area (Å²) in [6.07, 6.45) is -2.05. The number of hydrogen-bond donors (Lipinski definition) is 0.